The maximum absolute atomic E-state index is 12.8. The fraction of sp³-hybridized carbons (Fsp3) is 0.773. The van der Waals surface area contributed by atoms with E-state index in [0.29, 0.717) is 32.0 Å². The first-order chi connectivity index (χ1) is 16.6. The molecule has 1 unspecified atom stereocenters. The number of carbonyl (C=O) groups excluding carboxylic acids is 4. The number of esters is 1. The van der Waals surface area contributed by atoms with Gasteiger partial charge in [-0.15, -0.1) is 0 Å². The highest BCUT2D eigenvalue weighted by molar-refractivity contribution is 5.89. The van der Waals surface area contributed by atoms with Crippen LogP contribution in [0.3, 0.4) is 0 Å². The van der Waals surface area contributed by atoms with Crippen molar-refractivity contribution in [3.63, 3.8) is 0 Å². The molecule has 13 heteroatoms. The summed E-state index contributed by atoms with van der Waals surface area (Å²) in [5.41, 5.74) is 5.37. The molecular formula is C22H40N6O7. The fourth-order valence-corrected chi connectivity index (χ4v) is 3.31. The lowest BCUT2D eigenvalue weighted by atomic mass is 10.0. The van der Waals surface area contributed by atoms with E-state index in [1.165, 1.54) is 7.11 Å². The fourth-order valence-electron chi connectivity index (χ4n) is 3.31. The number of ether oxygens (including phenoxy) is 1. The summed E-state index contributed by atoms with van der Waals surface area (Å²) in [7, 11) is 1.36. The summed E-state index contributed by atoms with van der Waals surface area (Å²) >= 11 is 0. The molecule has 0 fully saturated rings. The number of carbonyl (C=O) groups is 4. The van der Waals surface area contributed by atoms with Gasteiger partial charge >= 0.3 is 5.97 Å². The number of nitrogens with one attached hydrogen (secondary N) is 3. The van der Waals surface area contributed by atoms with E-state index >= 15 is 0 Å². The molecule has 13 nitrogen and oxygen atoms in total. The van der Waals surface area contributed by atoms with Gasteiger partial charge in [-0.3, -0.25) is 14.4 Å². The standard InChI is InChI=1S/C22H40N6O7/c1-16(2)14-17(15-29)25-21(32)18(10-9-13-24-22(23)27-28(33)34)26-19(30)11-7-5-4-6-8-12-20(31)35-3/h15-18H,4-14H2,1-3H3,(H,25,32)(H,26,30)(H3,23,24,27)/t17?,18-/m0/s1. The van der Waals surface area contributed by atoms with Crippen LogP contribution in [-0.2, 0) is 23.9 Å². The number of hydrogen-bond donors (Lipinski definition) is 4. The van der Waals surface area contributed by atoms with Crippen LogP contribution in [0.1, 0.15) is 78.1 Å². The zero-order valence-electron chi connectivity index (χ0n) is 20.9. The minimum absolute atomic E-state index is 0.194. The average Bonchev–Trinajstić information content (AvgIpc) is 2.78. The molecule has 5 N–H and O–H groups in total. The number of unbranched alkanes of at least 4 members (excludes halogenated alkanes) is 4. The number of nitrogens with zero attached hydrogens (tertiary/aromatic N) is 2. The lowest BCUT2D eigenvalue weighted by Crippen LogP contribution is -2.50. The minimum atomic E-state index is -0.924. The molecule has 0 saturated heterocycles. The van der Waals surface area contributed by atoms with Gasteiger partial charge in [0.05, 0.1) is 13.2 Å². The van der Waals surface area contributed by atoms with E-state index in [1.54, 1.807) is 0 Å². The summed E-state index contributed by atoms with van der Waals surface area (Å²) in [6, 6.07) is -1.53. The van der Waals surface area contributed by atoms with E-state index in [9.17, 15) is 29.3 Å². The van der Waals surface area contributed by atoms with Gasteiger partial charge in [-0.05, 0) is 38.0 Å². The normalized spacial score (nSPS) is 13.0. The highest BCUT2D eigenvalue weighted by atomic mass is 16.7. The van der Waals surface area contributed by atoms with Gasteiger partial charge < -0.3 is 31.2 Å². The molecule has 0 aliphatic heterocycles. The Morgan fingerprint density at radius 1 is 1.06 bits per heavy atom. The summed E-state index contributed by atoms with van der Waals surface area (Å²) in [5.74, 6) is -1.15. The van der Waals surface area contributed by atoms with Crippen molar-refractivity contribution in [1.82, 2.24) is 16.0 Å². The van der Waals surface area contributed by atoms with Crippen molar-refractivity contribution in [2.24, 2.45) is 16.8 Å². The predicted molar refractivity (Wildman–Crippen MR) is 130 cm³/mol. The number of methoxy groups -OCH3 is 1. The SMILES string of the molecule is COC(=O)CCCCCCCC(=O)N[C@@H](CCCN/C(N)=N/[N+](=O)[O-])C(=O)NC(C=O)CC(C)C. The molecule has 0 saturated carbocycles. The molecule has 0 aliphatic rings. The lowest BCUT2D eigenvalue weighted by molar-refractivity contribution is -0.485. The van der Waals surface area contributed by atoms with Gasteiger partial charge in [0, 0.05) is 19.4 Å². The zero-order valence-corrected chi connectivity index (χ0v) is 20.9. The van der Waals surface area contributed by atoms with E-state index in [-0.39, 0.29) is 43.1 Å². The summed E-state index contributed by atoms with van der Waals surface area (Å²) in [5, 5.41) is 20.3. The van der Waals surface area contributed by atoms with Crippen LogP contribution in [0, 0.1) is 16.0 Å². The quantitative estimate of drug-likeness (QED) is 0.0380. The number of rotatable bonds is 19. The zero-order chi connectivity index (χ0) is 26.6. The molecule has 0 aromatic carbocycles. The number of guanidine groups is 1. The molecule has 0 aromatic heterocycles. The second-order valence-electron chi connectivity index (χ2n) is 8.64. The summed E-state index contributed by atoms with van der Waals surface area (Å²) in [6.07, 6.45) is 6.29. The van der Waals surface area contributed by atoms with Crippen molar-refractivity contribution in [2.45, 2.75) is 90.1 Å². The molecule has 0 aliphatic carbocycles. The molecule has 0 radical (unpaired) electrons. The van der Waals surface area contributed by atoms with Crippen LogP contribution in [0.5, 0.6) is 0 Å². The Hall–Kier alpha value is -3.25. The minimum Gasteiger partial charge on any atom is -0.469 e. The molecular weight excluding hydrogens is 460 g/mol. The van der Waals surface area contributed by atoms with Crippen molar-refractivity contribution >= 4 is 30.0 Å². The van der Waals surface area contributed by atoms with E-state index in [4.69, 9.17) is 5.73 Å². The predicted octanol–water partition coefficient (Wildman–Crippen LogP) is 0.981. The highest BCUT2D eigenvalue weighted by Crippen LogP contribution is 2.09. The highest BCUT2D eigenvalue weighted by Gasteiger charge is 2.23. The van der Waals surface area contributed by atoms with Gasteiger partial charge in [-0.25, -0.2) is 10.1 Å². The Morgan fingerprint density at radius 3 is 2.26 bits per heavy atom. The maximum atomic E-state index is 12.8. The monoisotopic (exact) mass is 500 g/mol. The second kappa shape index (κ2) is 19.1. The largest absolute Gasteiger partial charge is 0.469 e. The van der Waals surface area contributed by atoms with Crippen molar-refractivity contribution in [3.05, 3.63) is 10.1 Å². The lowest BCUT2D eigenvalue weighted by Gasteiger charge is -2.22. The Morgan fingerprint density at radius 2 is 1.69 bits per heavy atom. The number of hydrogen-bond acceptors (Lipinski definition) is 7. The van der Waals surface area contributed by atoms with Crippen LogP contribution < -0.4 is 21.7 Å². The Bertz CT molecular complexity index is 714. The molecule has 200 valence electrons. The van der Waals surface area contributed by atoms with Gasteiger partial charge in [0.25, 0.3) is 5.96 Å². The van der Waals surface area contributed by atoms with Crippen molar-refractivity contribution in [1.29, 1.82) is 0 Å². The van der Waals surface area contributed by atoms with E-state index in [2.05, 4.69) is 25.8 Å². The third kappa shape index (κ3) is 17.8. The van der Waals surface area contributed by atoms with E-state index < -0.39 is 23.0 Å². The molecule has 0 spiro atoms. The van der Waals surface area contributed by atoms with Crippen molar-refractivity contribution in [3.8, 4) is 0 Å². The number of nitrogens with two attached hydrogens (primary N) is 1. The molecule has 0 aromatic rings. The molecule has 0 rings (SSSR count). The summed E-state index contributed by atoms with van der Waals surface area (Å²) in [6.45, 7) is 4.07. The Kier molecular flexibility index (Phi) is 17.3. The van der Waals surface area contributed by atoms with Crippen LogP contribution in [-0.4, -0.2) is 60.8 Å². The molecule has 0 heterocycles. The number of aldehydes is 1. The van der Waals surface area contributed by atoms with Crippen LogP contribution in [0.4, 0.5) is 0 Å². The average molecular weight is 501 g/mol. The van der Waals surface area contributed by atoms with Crippen LogP contribution >= 0.6 is 0 Å². The van der Waals surface area contributed by atoms with Gasteiger partial charge in [0.15, 0.2) is 5.03 Å². The topological polar surface area (TPSA) is 195 Å². The third-order valence-electron chi connectivity index (χ3n) is 5.05. The van der Waals surface area contributed by atoms with Gasteiger partial charge in [-0.1, -0.05) is 33.1 Å². The first kappa shape index (κ1) is 31.8. The summed E-state index contributed by atoms with van der Waals surface area (Å²) in [4.78, 5) is 57.9. The Labute approximate surface area is 206 Å². The number of nitro groups is 1. The molecule has 0 bridgehead atoms. The van der Waals surface area contributed by atoms with Crippen LogP contribution in [0.15, 0.2) is 5.10 Å². The maximum Gasteiger partial charge on any atom is 0.305 e. The third-order valence-corrected chi connectivity index (χ3v) is 5.05. The van der Waals surface area contributed by atoms with Crippen LogP contribution in [0.2, 0.25) is 0 Å². The molecule has 2 atom stereocenters. The number of hydrazone groups is 1. The molecule has 2 amide bonds. The second-order valence-corrected chi connectivity index (χ2v) is 8.64. The molecule has 35 heavy (non-hydrogen) atoms. The van der Waals surface area contributed by atoms with E-state index in [1.807, 2.05) is 13.8 Å². The van der Waals surface area contributed by atoms with Gasteiger partial charge in [0.1, 0.15) is 17.4 Å². The van der Waals surface area contributed by atoms with Gasteiger partial charge in [0.2, 0.25) is 11.8 Å². The van der Waals surface area contributed by atoms with Crippen molar-refractivity contribution in [2.75, 3.05) is 13.7 Å². The van der Waals surface area contributed by atoms with E-state index in [0.717, 1.165) is 25.7 Å². The first-order valence-corrected chi connectivity index (χ1v) is 11.9. The first-order valence-electron chi connectivity index (χ1n) is 11.9. The van der Waals surface area contributed by atoms with Gasteiger partial charge in [-0.2, -0.15) is 0 Å². The summed E-state index contributed by atoms with van der Waals surface area (Å²) < 4.78 is 4.59. The van der Waals surface area contributed by atoms with Crippen molar-refractivity contribution < 1.29 is 28.9 Å². The Balaban J connectivity index is 4.68. The smallest absolute Gasteiger partial charge is 0.305 e. The number of amides is 2. The van der Waals surface area contributed by atoms with Crippen LogP contribution in [0.25, 0.3) is 0 Å².